The van der Waals surface area contributed by atoms with Crippen LogP contribution in [-0.2, 0) is 60.6 Å². The minimum Gasteiger partial charge on any atom is -0.507 e. The maximum absolute atomic E-state index is 15.7. The molecule has 4 N–H and O–H groups in total. The van der Waals surface area contributed by atoms with Crippen LogP contribution in [0, 0.1) is 11.8 Å². The maximum atomic E-state index is 15.7. The van der Waals surface area contributed by atoms with Crippen LogP contribution in [0.5, 0.6) is 5.75 Å². The Morgan fingerprint density at radius 1 is 0.346 bits per heavy atom. The van der Waals surface area contributed by atoms with Crippen LogP contribution >= 0.6 is 0 Å². The molecule has 2 aromatic rings. The van der Waals surface area contributed by atoms with E-state index in [1.165, 1.54) is 32.1 Å². The van der Waals surface area contributed by atoms with Crippen LogP contribution in [-0.4, -0.2) is 113 Å². The summed E-state index contributed by atoms with van der Waals surface area (Å²) in [5.41, 5.74) is -4.36. The van der Waals surface area contributed by atoms with Crippen molar-refractivity contribution in [3.63, 3.8) is 0 Å². The number of hydrogen-bond donors (Lipinski definition) is 4. The molecule has 0 aromatic heterocycles. The van der Waals surface area contributed by atoms with E-state index in [0.717, 1.165) is 225 Å². The number of esters is 4. The van der Waals surface area contributed by atoms with E-state index in [0.29, 0.717) is 64.2 Å². The lowest BCUT2D eigenvalue weighted by Gasteiger charge is -2.26. The smallest absolute Gasteiger partial charge is 0.373 e. The summed E-state index contributed by atoms with van der Waals surface area (Å²) in [7, 11) is 0. The number of aromatic hydroxyl groups is 1. The largest absolute Gasteiger partial charge is 0.507 e. The lowest BCUT2D eigenvalue weighted by molar-refractivity contribution is -0.193. The molecule has 0 aliphatic rings. The molecule has 612 valence electrons. The molecular weight excluding hydrogens is 1360 g/mol. The predicted octanol–water partition coefficient (Wildman–Crippen LogP) is 21.9. The monoisotopic (exact) mass is 1510 g/mol. The van der Waals surface area contributed by atoms with Gasteiger partial charge >= 0.3 is 42.1 Å². The molecule has 0 saturated carbocycles. The van der Waals surface area contributed by atoms with Gasteiger partial charge in [0.25, 0.3) is 0 Å². The first-order chi connectivity index (χ1) is 52.0. The Morgan fingerprint density at radius 2 is 0.607 bits per heavy atom. The maximum Gasteiger partial charge on any atom is 0.373 e. The summed E-state index contributed by atoms with van der Waals surface area (Å²) in [6, 6.07) is 0. The van der Waals surface area contributed by atoms with Crippen LogP contribution in [0.1, 0.15) is 445 Å². The molecule has 0 heterocycles. The van der Waals surface area contributed by atoms with Crippen molar-refractivity contribution in [1.29, 1.82) is 0 Å². The van der Waals surface area contributed by atoms with Crippen LogP contribution in [0.2, 0.25) is 0 Å². The molecule has 2 rings (SSSR count). The number of carboxylic acid groups (broad SMARTS) is 1. The second-order valence-corrected chi connectivity index (χ2v) is 29.6. The topological polar surface area (TPSA) is 306 Å². The molecule has 0 fully saturated rings. The highest BCUT2D eigenvalue weighted by molar-refractivity contribution is 6.28. The van der Waals surface area contributed by atoms with Gasteiger partial charge in [-0.1, -0.05) is 337 Å². The molecule has 3 unspecified atom stereocenters. The number of aliphatic hydroxyl groups excluding tert-OH is 2. The van der Waals surface area contributed by atoms with Gasteiger partial charge in [0.05, 0.1) is 60.9 Å². The van der Waals surface area contributed by atoms with Crippen molar-refractivity contribution in [1.82, 2.24) is 0 Å². The number of aliphatic hydroxyl groups is 2. The van der Waals surface area contributed by atoms with Crippen LogP contribution in [0.4, 0.5) is 0 Å². The lowest BCUT2D eigenvalue weighted by Crippen LogP contribution is -2.29. The Morgan fingerprint density at radius 3 is 0.897 bits per heavy atom. The second kappa shape index (κ2) is 69.1. The fourth-order valence-corrected chi connectivity index (χ4v) is 14.2. The third-order valence-corrected chi connectivity index (χ3v) is 20.6. The number of Topliss-reactive ketones (excluding diaryl/α,β-unsaturated/α-hetero) is 2. The van der Waals surface area contributed by atoms with Crippen molar-refractivity contribution in [3.05, 3.63) is 38.9 Å². The van der Waals surface area contributed by atoms with Crippen LogP contribution in [0.25, 0.3) is 10.8 Å². The number of ether oxygens (including phenoxy) is 4. The number of benzene rings is 2. The van der Waals surface area contributed by atoms with Crippen LogP contribution < -0.4 is 0 Å². The average molecular weight is 1510 g/mol. The van der Waals surface area contributed by atoms with Crippen molar-refractivity contribution in [2.24, 2.45) is 11.8 Å². The van der Waals surface area contributed by atoms with Gasteiger partial charge in [-0.2, -0.15) is 19.2 Å². The van der Waals surface area contributed by atoms with Gasteiger partial charge in [0.15, 0.2) is 5.78 Å². The minimum atomic E-state index is -1.72. The van der Waals surface area contributed by atoms with Gasteiger partial charge in [0, 0.05) is 29.5 Å². The average Bonchev–Trinajstić information content (AvgIpc) is 0.708. The fraction of sp³-hybridized carbons (Fsp3) is 0.784. The van der Waals surface area contributed by atoms with E-state index in [-0.39, 0.29) is 62.2 Å². The van der Waals surface area contributed by atoms with Gasteiger partial charge in [0.1, 0.15) is 17.6 Å². The van der Waals surface area contributed by atoms with Crippen molar-refractivity contribution in [3.8, 4) is 5.75 Å². The molecule has 2 aromatic carbocycles. The Kier molecular flexibility index (Phi) is 65.1. The van der Waals surface area contributed by atoms with E-state index in [1.807, 2.05) is 6.92 Å². The summed E-state index contributed by atoms with van der Waals surface area (Å²) in [6.07, 6.45) is 45.3. The first-order valence-corrected chi connectivity index (χ1v) is 42.6. The molecule has 0 spiro atoms. The molecule has 3 atom stereocenters. The van der Waals surface area contributed by atoms with E-state index >= 15 is 24.0 Å². The number of carbonyl (C=O) groups is 7. The molecule has 107 heavy (non-hydrogen) atoms. The van der Waals surface area contributed by atoms with Crippen molar-refractivity contribution >= 4 is 64.5 Å². The molecule has 0 amide bonds. The SMILES string of the molecule is CCCCCCCCCCCC(C)C(CO)C(=O)Cc1c(CCC(=O)C(O)CCCCCCCCCC)c(O)c2c(C(=O)OCCCCCCCCCC)c(C(=O)OCCCCCCCCCC)c(C(=O)OCCCCCCCCCC)c(C(=O)OCCCCCCCCCC)c2c1C(=O)O.O=C=O.O=C=O. The van der Waals surface area contributed by atoms with Crippen LogP contribution in [0.3, 0.4) is 0 Å². The third-order valence-electron chi connectivity index (χ3n) is 20.6. The molecule has 19 heteroatoms. The van der Waals surface area contributed by atoms with E-state index in [1.54, 1.807) is 0 Å². The van der Waals surface area contributed by atoms with E-state index in [2.05, 4.69) is 41.5 Å². The van der Waals surface area contributed by atoms with E-state index in [9.17, 15) is 30.0 Å². The van der Waals surface area contributed by atoms with E-state index in [4.69, 9.17) is 38.1 Å². The quantitative estimate of drug-likeness (QED) is 0.0272. The molecule has 0 bridgehead atoms. The molecular formula is C88H146O19. The van der Waals surface area contributed by atoms with Crippen molar-refractivity contribution in [2.75, 3.05) is 33.0 Å². The number of phenolic OH excluding ortho intramolecular Hbond substituents is 1. The highest BCUT2D eigenvalue weighted by atomic mass is 16.5. The number of carbonyl (C=O) groups excluding carboxylic acids is 10. The summed E-state index contributed by atoms with van der Waals surface area (Å²) < 4.78 is 24.4. The highest BCUT2D eigenvalue weighted by Crippen LogP contribution is 2.45. The molecule has 0 aliphatic heterocycles. The summed E-state index contributed by atoms with van der Waals surface area (Å²) in [4.78, 5) is 139. The van der Waals surface area contributed by atoms with Crippen molar-refractivity contribution < 1.29 is 92.1 Å². The number of aromatic carboxylic acids is 1. The number of rotatable bonds is 69. The zero-order chi connectivity index (χ0) is 79.5. The standard InChI is InChI=1S/C86H146O15.2CO2/c1-8-14-20-26-32-38-39-45-51-57-67(7)70(66-87)73(90)65-69-68(59-60-72(89)71(88)58-52-46-40-33-27-21-15-9-2)81(91)76-75(74(69)82(92)93)77(83(94)98-61-53-47-41-34-28-22-16-10-3)79(85(96)100-63-55-49-43-36-30-24-18-12-5)80(86(97)101-64-56-50-44-37-31-25-19-13-6)78(76)84(95)99-62-54-48-42-35-29-23-17-11-4;2*2-1-3/h67,70-71,87-88,91H,8-66H2,1-7H3,(H,92,93);;. The molecule has 19 nitrogen and oxygen atoms in total. The Labute approximate surface area is 644 Å². The van der Waals surface area contributed by atoms with Crippen LogP contribution in [0.15, 0.2) is 0 Å². The van der Waals surface area contributed by atoms with Gasteiger partial charge in [-0.05, 0) is 62.0 Å². The number of carboxylic acids is 1. The number of phenols is 1. The molecule has 0 aliphatic carbocycles. The lowest BCUT2D eigenvalue weighted by atomic mass is 9.78. The number of hydrogen-bond acceptors (Lipinski definition) is 18. The Balaban J connectivity index is 0.0000181. The summed E-state index contributed by atoms with van der Waals surface area (Å²) >= 11 is 0. The molecule has 0 radical (unpaired) electrons. The van der Waals surface area contributed by atoms with Gasteiger partial charge < -0.3 is 39.4 Å². The van der Waals surface area contributed by atoms with Gasteiger partial charge in [-0.25, -0.2) is 24.0 Å². The zero-order valence-electron chi connectivity index (χ0n) is 67.9. The number of unbranched alkanes of at least 4 members (excludes halogenated alkanes) is 43. The Hall–Kier alpha value is -6.13. The molecule has 0 saturated heterocycles. The third kappa shape index (κ3) is 45.0. The summed E-state index contributed by atoms with van der Waals surface area (Å²) in [5.74, 6) is -9.99. The van der Waals surface area contributed by atoms with Crippen molar-refractivity contribution in [2.45, 2.75) is 401 Å². The summed E-state index contributed by atoms with van der Waals surface area (Å²) in [5, 5.41) is 46.8. The van der Waals surface area contributed by atoms with Gasteiger partial charge in [0.2, 0.25) is 0 Å². The first kappa shape index (κ1) is 101. The normalized spacial score (nSPS) is 11.9. The second-order valence-electron chi connectivity index (χ2n) is 29.6. The fourth-order valence-electron chi connectivity index (χ4n) is 14.2. The number of ketones is 2. The van der Waals surface area contributed by atoms with E-state index < -0.39 is 124 Å². The Bertz CT molecular complexity index is 2760. The summed E-state index contributed by atoms with van der Waals surface area (Å²) in [6.45, 7) is 13.6. The minimum absolute atomic E-state index is 0.158. The van der Waals surface area contributed by atoms with Gasteiger partial charge in [-0.3, -0.25) is 9.59 Å². The first-order valence-electron chi connectivity index (χ1n) is 42.6. The predicted molar refractivity (Wildman–Crippen MR) is 421 cm³/mol. The van der Waals surface area contributed by atoms with Gasteiger partial charge in [-0.15, -0.1) is 0 Å². The highest BCUT2D eigenvalue weighted by Gasteiger charge is 2.42. The number of fused-ring (bicyclic) bond motifs is 1. The zero-order valence-corrected chi connectivity index (χ0v) is 67.9.